The van der Waals surface area contributed by atoms with Gasteiger partial charge < -0.3 is 20.3 Å². The van der Waals surface area contributed by atoms with E-state index in [1.165, 1.54) is 0 Å². The smallest absolute Gasteiger partial charge is 0.254 e. The number of hydrogen-bond donors (Lipinski definition) is 1. The van der Waals surface area contributed by atoms with Gasteiger partial charge in [0.15, 0.2) is 0 Å². The van der Waals surface area contributed by atoms with Gasteiger partial charge in [-0.3, -0.25) is 14.5 Å². The van der Waals surface area contributed by atoms with Crippen LogP contribution in [0.2, 0.25) is 0 Å². The molecule has 0 radical (unpaired) electrons. The van der Waals surface area contributed by atoms with Crippen molar-refractivity contribution in [3.8, 4) is 5.75 Å². The van der Waals surface area contributed by atoms with Crippen molar-refractivity contribution in [2.45, 2.75) is 33.0 Å². The van der Waals surface area contributed by atoms with Gasteiger partial charge >= 0.3 is 0 Å². The van der Waals surface area contributed by atoms with Crippen LogP contribution in [0.4, 0.5) is 5.69 Å². The molecule has 7 heteroatoms. The van der Waals surface area contributed by atoms with Gasteiger partial charge in [0.2, 0.25) is 5.91 Å². The second-order valence-corrected chi connectivity index (χ2v) is 9.41. The number of hydrogen-bond acceptors (Lipinski definition) is 5. The van der Waals surface area contributed by atoms with Crippen LogP contribution >= 0.6 is 0 Å². The van der Waals surface area contributed by atoms with E-state index >= 15 is 0 Å². The van der Waals surface area contributed by atoms with Crippen LogP contribution in [0, 0.1) is 0 Å². The summed E-state index contributed by atoms with van der Waals surface area (Å²) in [4.78, 5) is 32.4. The molecule has 0 aliphatic carbocycles. The predicted molar refractivity (Wildman–Crippen MR) is 146 cm³/mol. The van der Waals surface area contributed by atoms with Crippen molar-refractivity contribution in [1.29, 1.82) is 0 Å². The maximum Gasteiger partial charge on any atom is 0.254 e. The number of fused-ring (bicyclic) bond motifs is 1. The molecule has 0 saturated heterocycles. The first kappa shape index (κ1) is 26.4. The Balaban J connectivity index is 1.65. The van der Waals surface area contributed by atoms with Crippen molar-refractivity contribution in [1.82, 2.24) is 9.80 Å². The number of nitrogens with zero attached hydrogens (tertiary/aromatic N) is 3. The number of nitrogens with two attached hydrogens (primary N) is 1. The first-order valence-electron chi connectivity index (χ1n) is 12.8. The van der Waals surface area contributed by atoms with E-state index in [0.29, 0.717) is 38.3 Å². The maximum absolute atomic E-state index is 13.7. The zero-order chi connectivity index (χ0) is 26.2. The lowest BCUT2D eigenvalue weighted by Crippen LogP contribution is -2.38. The molecular formula is C30H36N4O3. The molecule has 0 bridgehead atoms. The summed E-state index contributed by atoms with van der Waals surface area (Å²) in [6.45, 7) is 5.90. The lowest BCUT2D eigenvalue weighted by atomic mass is 10.1. The lowest BCUT2D eigenvalue weighted by Gasteiger charge is -2.28. The number of rotatable bonds is 5. The van der Waals surface area contributed by atoms with E-state index in [0.717, 1.165) is 47.6 Å². The molecule has 0 unspecified atom stereocenters. The first-order chi connectivity index (χ1) is 18.0. The van der Waals surface area contributed by atoms with Gasteiger partial charge in [-0.25, -0.2) is 0 Å². The van der Waals surface area contributed by atoms with Crippen molar-refractivity contribution >= 4 is 17.5 Å². The quantitative estimate of drug-likeness (QED) is 0.572. The highest BCUT2D eigenvalue weighted by atomic mass is 16.5. The van der Waals surface area contributed by atoms with Crippen molar-refractivity contribution in [3.05, 3.63) is 95.1 Å². The molecule has 3 aromatic carbocycles. The van der Waals surface area contributed by atoms with Crippen molar-refractivity contribution in [3.63, 3.8) is 0 Å². The minimum atomic E-state index is -0.0340. The highest BCUT2D eigenvalue weighted by Gasteiger charge is 2.23. The van der Waals surface area contributed by atoms with Gasteiger partial charge in [-0.15, -0.1) is 0 Å². The van der Waals surface area contributed by atoms with Crippen LogP contribution in [0.15, 0.2) is 72.8 Å². The largest absolute Gasteiger partial charge is 0.497 e. The summed E-state index contributed by atoms with van der Waals surface area (Å²) in [5, 5.41) is 0. The maximum atomic E-state index is 13.7. The average molecular weight is 501 g/mol. The van der Waals surface area contributed by atoms with Crippen LogP contribution in [0.3, 0.4) is 0 Å². The van der Waals surface area contributed by atoms with Crippen LogP contribution in [-0.4, -0.2) is 54.9 Å². The molecule has 1 aliphatic rings. The van der Waals surface area contributed by atoms with Crippen LogP contribution in [0.25, 0.3) is 0 Å². The minimum absolute atomic E-state index is 0.00120. The van der Waals surface area contributed by atoms with E-state index in [1.807, 2.05) is 76.5 Å². The van der Waals surface area contributed by atoms with Crippen LogP contribution in [0.1, 0.15) is 40.4 Å². The number of ether oxygens (including phenoxy) is 1. The summed E-state index contributed by atoms with van der Waals surface area (Å²) in [7, 11) is 1.67. The fourth-order valence-corrected chi connectivity index (χ4v) is 4.79. The standard InChI is InChI=1S/C30H36N4O3/c1-23(35)34-16-6-15-32(21-25-7-5-9-28(19-25)37-2)17-18-33(22-27-8-3-4-10-29(27)34)30(36)26-13-11-24(20-31)12-14-26/h3-5,7-14,19H,6,15-18,20-22,31H2,1-2H3. The molecule has 194 valence electrons. The highest BCUT2D eigenvalue weighted by Crippen LogP contribution is 2.25. The van der Waals surface area contributed by atoms with Gasteiger partial charge in [-0.05, 0) is 53.4 Å². The SMILES string of the molecule is COc1cccc(CN2CCCN(C(C)=O)c3ccccc3CN(C(=O)c3ccc(CN)cc3)CC2)c1. The fraction of sp³-hybridized carbons (Fsp3) is 0.333. The lowest BCUT2D eigenvalue weighted by molar-refractivity contribution is -0.116. The van der Waals surface area contributed by atoms with Gasteiger partial charge in [-0.2, -0.15) is 0 Å². The Morgan fingerprint density at radius 3 is 2.41 bits per heavy atom. The summed E-state index contributed by atoms with van der Waals surface area (Å²) in [6, 6.07) is 23.5. The summed E-state index contributed by atoms with van der Waals surface area (Å²) in [5.41, 5.74) is 10.3. The molecule has 0 fully saturated rings. The molecule has 2 amide bonds. The Morgan fingerprint density at radius 2 is 1.68 bits per heavy atom. The number of methoxy groups -OCH3 is 1. The highest BCUT2D eigenvalue weighted by molar-refractivity contribution is 5.95. The van der Waals surface area contributed by atoms with Crippen molar-refractivity contribution < 1.29 is 14.3 Å². The first-order valence-corrected chi connectivity index (χ1v) is 12.8. The molecule has 0 atom stereocenters. The molecule has 3 aromatic rings. The molecule has 0 saturated carbocycles. The Morgan fingerprint density at radius 1 is 0.892 bits per heavy atom. The number of anilines is 1. The zero-order valence-corrected chi connectivity index (χ0v) is 21.7. The molecule has 2 N–H and O–H groups in total. The number of para-hydroxylation sites is 1. The molecule has 0 aromatic heterocycles. The third-order valence-corrected chi connectivity index (χ3v) is 6.83. The van der Waals surface area contributed by atoms with Gasteiger partial charge in [0, 0.05) is 64.0 Å². The van der Waals surface area contributed by atoms with Crippen LogP contribution < -0.4 is 15.4 Å². The monoisotopic (exact) mass is 500 g/mol. The Hall–Kier alpha value is -3.68. The molecule has 1 aliphatic heterocycles. The van der Waals surface area contributed by atoms with Crippen LogP contribution in [0.5, 0.6) is 5.75 Å². The number of benzene rings is 3. The second-order valence-electron chi connectivity index (χ2n) is 9.41. The summed E-state index contributed by atoms with van der Waals surface area (Å²) < 4.78 is 5.41. The summed E-state index contributed by atoms with van der Waals surface area (Å²) in [5.74, 6) is 0.793. The van der Waals surface area contributed by atoms with Gasteiger partial charge in [0.1, 0.15) is 5.75 Å². The Bertz CT molecular complexity index is 1210. The number of carbonyl (C=O) groups excluding carboxylic acids is 2. The fourth-order valence-electron chi connectivity index (χ4n) is 4.79. The van der Waals surface area contributed by atoms with E-state index in [4.69, 9.17) is 10.5 Å². The Kier molecular flexibility index (Phi) is 8.93. The topological polar surface area (TPSA) is 79.1 Å². The summed E-state index contributed by atoms with van der Waals surface area (Å²) >= 11 is 0. The van der Waals surface area contributed by atoms with Gasteiger partial charge in [0.05, 0.1) is 7.11 Å². The molecule has 37 heavy (non-hydrogen) atoms. The van der Waals surface area contributed by atoms with Crippen LogP contribution in [-0.2, 0) is 24.4 Å². The van der Waals surface area contributed by atoms with Gasteiger partial charge in [-0.1, -0.05) is 42.5 Å². The van der Waals surface area contributed by atoms with Crippen molar-refractivity contribution in [2.75, 3.05) is 38.2 Å². The van der Waals surface area contributed by atoms with E-state index < -0.39 is 0 Å². The molecule has 0 spiro atoms. The normalized spacial score (nSPS) is 15.0. The number of carbonyl (C=O) groups is 2. The van der Waals surface area contributed by atoms with E-state index in [2.05, 4.69) is 11.0 Å². The zero-order valence-electron chi connectivity index (χ0n) is 21.7. The Labute approximate surface area is 219 Å². The van der Waals surface area contributed by atoms with E-state index in [9.17, 15) is 9.59 Å². The molecule has 7 nitrogen and oxygen atoms in total. The van der Waals surface area contributed by atoms with Gasteiger partial charge in [0.25, 0.3) is 5.91 Å². The minimum Gasteiger partial charge on any atom is -0.497 e. The van der Waals surface area contributed by atoms with Crippen molar-refractivity contribution in [2.24, 2.45) is 5.73 Å². The molecule has 1 heterocycles. The predicted octanol–water partition coefficient (Wildman–Crippen LogP) is 4.06. The number of amides is 2. The summed E-state index contributed by atoms with van der Waals surface area (Å²) in [6.07, 6.45) is 0.826. The third kappa shape index (κ3) is 6.76. The average Bonchev–Trinajstić information content (AvgIpc) is 2.96. The van der Waals surface area contributed by atoms with E-state index in [1.54, 1.807) is 14.0 Å². The third-order valence-electron chi connectivity index (χ3n) is 6.83. The molecule has 4 rings (SSSR count). The molecular weight excluding hydrogens is 464 g/mol. The second kappa shape index (κ2) is 12.5. The van der Waals surface area contributed by atoms with E-state index in [-0.39, 0.29) is 11.8 Å².